The van der Waals surface area contributed by atoms with Gasteiger partial charge < -0.3 is 55.6 Å². The zero-order valence-corrected chi connectivity index (χ0v) is 53.1. The Kier molecular flexibility index (Phi) is 28.8. The second-order valence-electron chi connectivity index (χ2n) is 23.7. The van der Waals surface area contributed by atoms with Crippen molar-refractivity contribution in [2.45, 2.75) is 194 Å². The molecule has 0 bridgehead atoms. The van der Waals surface area contributed by atoms with E-state index in [1.54, 1.807) is 57.2 Å². The molecule has 78 heavy (non-hydrogen) atoms. The fourth-order valence-electron chi connectivity index (χ4n) is 9.45. The van der Waals surface area contributed by atoms with Crippen molar-refractivity contribution in [1.29, 1.82) is 0 Å². The number of halogens is 1. The average molecular weight is 1220 g/mol. The predicted molar refractivity (Wildman–Crippen MR) is 308 cm³/mol. The van der Waals surface area contributed by atoms with Gasteiger partial charge in [0.1, 0.15) is 54.4 Å². The molecule has 22 nitrogen and oxygen atoms in total. The maximum absolute atomic E-state index is 14.8. The number of nitrogens with one attached hydrogen (secondary N) is 4. The van der Waals surface area contributed by atoms with Crippen molar-refractivity contribution >= 4 is 87.6 Å². The van der Waals surface area contributed by atoms with Crippen molar-refractivity contribution < 1.29 is 52.7 Å². The van der Waals surface area contributed by atoms with Gasteiger partial charge in [0.05, 0.1) is 6.54 Å². The first-order valence-corrected chi connectivity index (χ1v) is 28.8. The Morgan fingerprint density at radius 3 is 1.26 bits per heavy atom. The third kappa shape index (κ3) is 19.6. The van der Waals surface area contributed by atoms with E-state index in [-0.39, 0.29) is 55.8 Å². The first kappa shape index (κ1) is 70.9. The molecular formula is C55H98IN11O11. The van der Waals surface area contributed by atoms with Crippen LogP contribution < -0.4 is 21.3 Å². The molecule has 1 heterocycles. The summed E-state index contributed by atoms with van der Waals surface area (Å²) in [6.07, 6.45) is 0.851. The highest BCUT2D eigenvalue weighted by Crippen LogP contribution is 2.24. The van der Waals surface area contributed by atoms with Crippen LogP contribution in [0.2, 0.25) is 0 Å². The van der Waals surface area contributed by atoms with E-state index in [1.165, 1.54) is 92.6 Å². The fraction of sp³-hybridized carbons (Fsp3) is 0.800. The Balaban J connectivity index is 4.09. The summed E-state index contributed by atoms with van der Waals surface area (Å²) in [6.45, 7) is 26.1. The molecule has 1 saturated heterocycles. The van der Waals surface area contributed by atoms with Crippen LogP contribution >= 0.6 is 22.6 Å². The number of carbonyl (C=O) groups excluding carboxylic acids is 11. The molecule has 1 aliphatic rings. The minimum absolute atomic E-state index is 0.107. The molecule has 0 spiro atoms. The highest BCUT2D eigenvalue weighted by Gasteiger charge is 2.43. The fourth-order valence-corrected chi connectivity index (χ4v) is 9.91. The SMILES string of the molecule is CC[C@@H]1NC(=O)[C@H](I)N(C)C(=O)[C@H](C(C)C)N(C)C(=O)[C@H](CC(C)C)N(C)C(=O)[C@H](CC(C)C)N(C)C(=O)[C@@H](C)NC(=O)[C@H](C)NC(=O)[C@H](CC(C)C)N(C)C(=O)[C@H](C(C)C)NC(=O)[C@H](CC(C)C)N(C)C(=O)CN(C)C1=O. The van der Waals surface area contributed by atoms with Gasteiger partial charge in [-0.15, -0.1) is 0 Å². The third-order valence-corrected chi connectivity index (χ3v) is 15.7. The second kappa shape index (κ2) is 31.6. The van der Waals surface area contributed by atoms with Gasteiger partial charge in [-0.3, -0.25) is 52.7 Å². The summed E-state index contributed by atoms with van der Waals surface area (Å²) in [6, 6.07) is -10.2. The van der Waals surface area contributed by atoms with E-state index in [9.17, 15) is 52.7 Å². The van der Waals surface area contributed by atoms with E-state index in [1.807, 2.05) is 55.4 Å². The molecule has 1 rings (SSSR count). The zero-order valence-electron chi connectivity index (χ0n) is 51.0. The Hall–Kier alpha value is -5.10. The molecule has 446 valence electrons. The van der Waals surface area contributed by atoms with E-state index in [0.29, 0.717) is 0 Å². The molecule has 23 heteroatoms. The summed E-state index contributed by atoms with van der Waals surface area (Å²) >= 11 is 1.79. The summed E-state index contributed by atoms with van der Waals surface area (Å²) < 4.78 is -1.18. The highest BCUT2D eigenvalue weighted by atomic mass is 127. The van der Waals surface area contributed by atoms with E-state index in [2.05, 4.69) is 21.3 Å². The van der Waals surface area contributed by atoms with Crippen LogP contribution in [0.5, 0.6) is 0 Å². The van der Waals surface area contributed by atoms with Crippen LogP contribution in [-0.4, -0.2) is 214 Å². The number of amides is 11. The molecule has 0 aliphatic carbocycles. The number of hydrogen-bond donors (Lipinski definition) is 4. The van der Waals surface area contributed by atoms with Crippen LogP contribution in [0.25, 0.3) is 0 Å². The maximum Gasteiger partial charge on any atom is 0.253 e. The van der Waals surface area contributed by atoms with Crippen molar-refractivity contribution in [3.63, 3.8) is 0 Å². The number of rotatable bonds is 11. The van der Waals surface area contributed by atoms with Gasteiger partial charge in [0.2, 0.25) is 59.1 Å². The quantitative estimate of drug-likeness (QED) is 0.133. The van der Waals surface area contributed by atoms with Gasteiger partial charge in [-0.1, -0.05) is 90.0 Å². The molecule has 0 aromatic rings. The lowest BCUT2D eigenvalue weighted by molar-refractivity contribution is -0.155. The zero-order chi connectivity index (χ0) is 60.7. The van der Waals surface area contributed by atoms with Crippen LogP contribution in [0.4, 0.5) is 0 Å². The van der Waals surface area contributed by atoms with Crippen LogP contribution in [0, 0.1) is 35.5 Å². The average Bonchev–Trinajstić information content (AvgIpc) is 3.35. The molecule has 11 amide bonds. The number of alkyl halides is 1. The highest BCUT2D eigenvalue weighted by molar-refractivity contribution is 14.1. The minimum Gasteiger partial charge on any atom is -0.343 e. The van der Waals surface area contributed by atoms with E-state index >= 15 is 0 Å². The van der Waals surface area contributed by atoms with Crippen molar-refractivity contribution in [2.75, 3.05) is 55.9 Å². The Bertz CT molecular complexity index is 2120. The molecule has 1 fully saturated rings. The van der Waals surface area contributed by atoms with Gasteiger partial charge in [-0.2, -0.15) is 0 Å². The molecule has 0 saturated carbocycles. The van der Waals surface area contributed by atoms with Gasteiger partial charge in [0, 0.05) is 49.3 Å². The normalized spacial score (nSPS) is 27.3. The number of nitrogens with zero attached hydrogens (tertiary/aromatic N) is 7. The lowest BCUT2D eigenvalue weighted by Crippen LogP contribution is -2.61. The largest absolute Gasteiger partial charge is 0.343 e. The monoisotopic (exact) mass is 1220 g/mol. The minimum atomic E-state index is -1.21. The maximum atomic E-state index is 14.8. The van der Waals surface area contributed by atoms with Crippen molar-refractivity contribution in [2.24, 2.45) is 35.5 Å². The van der Waals surface area contributed by atoms with Crippen LogP contribution in [0.1, 0.15) is 136 Å². The molecule has 10 atom stereocenters. The standard InChI is InChI=1S/C55H98IN11O11/c1-23-37-51(74)61(16)28-42(68)62(17)38(24-29(2)3)48(71)60-43(33(10)11)54(77)63(18)39(25-30(4)5)47(70)57-35(14)46(69)58-36(15)50(73)64(19)40(26-31(6)7)52(75)65(20)41(27-32(8)9)53(76)66(21)44(34(12)13)55(78)67(22)45(56)49(72)59-37/h29-41,43-45H,23-28H2,1-22H3,(H,57,70)(H,58,69)(H,59,72)(H,60,71)/t35-,36+,37-,38-,39-,40-,41-,43-,44-,45+/m0/s1. The van der Waals surface area contributed by atoms with Crippen LogP contribution in [0.15, 0.2) is 0 Å². The van der Waals surface area contributed by atoms with Gasteiger partial charge in [0.15, 0.2) is 4.05 Å². The predicted octanol–water partition coefficient (Wildman–Crippen LogP) is 2.70. The van der Waals surface area contributed by atoms with E-state index in [0.717, 1.165) is 4.90 Å². The van der Waals surface area contributed by atoms with Crippen molar-refractivity contribution in [3.05, 3.63) is 0 Å². The molecule has 4 N–H and O–H groups in total. The summed E-state index contributed by atoms with van der Waals surface area (Å²) in [7, 11) is 10.1. The lowest BCUT2D eigenvalue weighted by atomic mass is 9.95. The van der Waals surface area contributed by atoms with E-state index < -0.39 is 142 Å². The molecule has 0 radical (unpaired) electrons. The van der Waals surface area contributed by atoms with Crippen molar-refractivity contribution in [1.82, 2.24) is 55.6 Å². The second-order valence-corrected chi connectivity index (χ2v) is 24.9. The Morgan fingerprint density at radius 1 is 0.423 bits per heavy atom. The molecule has 1 aliphatic heterocycles. The molecular weight excluding hydrogens is 1120 g/mol. The van der Waals surface area contributed by atoms with Gasteiger partial charge >= 0.3 is 0 Å². The molecule has 0 unspecified atom stereocenters. The number of hydrogen-bond acceptors (Lipinski definition) is 11. The van der Waals surface area contributed by atoms with Gasteiger partial charge in [-0.05, 0) is 104 Å². The summed E-state index contributed by atoms with van der Waals surface area (Å²) in [5.74, 6) is -8.24. The van der Waals surface area contributed by atoms with Gasteiger partial charge in [-0.25, -0.2) is 0 Å². The summed E-state index contributed by atoms with van der Waals surface area (Å²) in [4.78, 5) is 166. The Labute approximate surface area is 479 Å². The van der Waals surface area contributed by atoms with Crippen molar-refractivity contribution in [3.8, 4) is 0 Å². The summed E-state index contributed by atoms with van der Waals surface area (Å²) in [5.41, 5.74) is 0. The molecule has 0 aromatic heterocycles. The van der Waals surface area contributed by atoms with Gasteiger partial charge in [0.25, 0.3) is 5.91 Å². The van der Waals surface area contributed by atoms with E-state index in [4.69, 9.17) is 0 Å². The van der Waals surface area contributed by atoms with Crippen LogP contribution in [-0.2, 0) is 52.7 Å². The Morgan fingerprint density at radius 2 is 0.821 bits per heavy atom. The first-order chi connectivity index (χ1) is 35.8. The topological polar surface area (TPSA) is 259 Å². The molecule has 0 aromatic carbocycles. The lowest BCUT2D eigenvalue weighted by Gasteiger charge is -2.40. The number of likely N-dealkylation sites (N-methyl/N-ethyl adjacent to an activating group) is 7. The number of carbonyl (C=O) groups is 11. The third-order valence-electron chi connectivity index (χ3n) is 14.3. The van der Waals surface area contributed by atoms with Crippen LogP contribution in [0.3, 0.4) is 0 Å². The smallest absolute Gasteiger partial charge is 0.253 e. The first-order valence-electron chi connectivity index (χ1n) is 27.6. The summed E-state index contributed by atoms with van der Waals surface area (Å²) in [5, 5.41) is 10.9.